The summed E-state index contributed by atoms with van der Waals surface area (Å²) in [4.78, 5) is 13.0. The van der Waals surface area contributed by atoms with Gasteiger partial charge in [0.05, 0.1) is 19.6 Å². The molecule has 0 saturated carbocycles. The number of fused-ring (bicyclic) bond motifs is 2. The highest BCUT2D eigenvalue weighted by molar-refractivity contribution is 5.86. The van der Waals surface area contributed by atoms with Gasteiger partial charge in [-0.3, -0.25) is 4.79 Å². The second kappa shape index (κ2) is 11.2. The SMILES string of the molecule is COc1ccc2cc([C@H](C)C(=O)OCCC3(C)Cc4c(C)c(OCc5ccccc5)c(C)c(C)c4O3)ccc2c1. The van der Waals surface area contributed by atoms with Gasteiger partial charge in [-0.2, -0.15) is 0 Å². The highest BCUT2D eigenvalue weighted by atomic mass is 16.5. The summed E-state index contributed by atoms with van der Waals surface area (Å²) in [7, 11) is 1.66. The minimum atomic E-state index is -0.451. The second-order valence-electron chi connectivity index (χ2n) is 11.1. The Kier molecular flexibility index (Phi) is 7.75. The Morgan fingerprint density at radius 3 is 2.42 bits per heavy atom. The highest BCUT2D eigenvalue weighted by Gasteiger charge is 2.38. The molecule has 1 aliphatic heterocycles. The number of methoxy groups -OCH3 is 1. The lowest BCUT2D eigenvalue weighted by atomic mass is 9.91. The van der Waals surface area contributed by atoms with Crippen molar-refractivity contribution in [3.8, 4) is 17.2 Å². The fourth-order valence-corrected chi connectivity index (χ4v) is 5.52. The van der Waals surface area contributed by atoms with Crippen molar-refractivity contribution in [3.05, 3.63) is 100 Å². The van der Waals surface area contributed by atoms with E-state index in [0.29, 0.717) is 19.6 Å². The molecule has 0 radical (unpaired) electrons. The third kappa shape index (κ3) is 5.51. The average molecular weight is 539 g/mol. The van der Waals surface area contributed by atoms with Gasteiger partial charge < -0.3 is 18.9 Å². The summed E-state index contributed by atoms with van der Waals surface area (Å²) >= 11 is 0. The Bertz CT molecular complexity index is 1540. The van der Waals surface area contributed by atoms with Crippen LogP contribution in [0.4, 0.5) is 0 Å². The molecule has 1 unspecified atom stereocenters. The molecule has 0 amide bonds. The van der Waals surface area contributed by atoms with E-state index >= 15 is 0 Å². The Balaban J connectivity index is 1.22. The molecular weight excluding hydrogens is 500 g/mol. The van der Waals surface area contributed by atoms with Crippen molar-refractivity contribution in [1.82, 2.24) is 0 Å². The largest absolute Gasteiger partial charge is 0.497 e. The van der Waals surface area contributed by atoms with Gasteiger partial charge >= 0.3 is 5.97 Å². The predicted octanol–water partition coefficient (Wildman–Crippen LogP) is 7.78. The Morgan fingerprint density at radius 2 is 1.68 bits per heavy atom. The quantitative estimate of drug-likeness (QED) is 0.204. The van der Waals surface area contributed by atoms with Crippen LogP contribution in [0.5, 0.6) is 17.2 Å². The van der Waals surface area contributed by atoms with E-state index in [4.69, 9.17) is 18.9 Å². The molecule has 0 aromatic heterocycles. The number of carbonyl (C=O) groups excluding carboxylic acids is 1. The third-order valence-electron chi connectivity index (χ3n) is 8.24. The van der Waals surface area contributed by atoms with Crippen molar-refractivity contribution in [2.45, 2.75) is 65.6 Å². The zero-order valence-corrected chi connectivity index (χ0v) is 24.3. The molecule has 4 aromatic rings. The summed E-state index contributed by atoms with van der Waals surface area (Å²) < 4.78 is 23.9. The molecule has 0 N–H and O–H groups in total. The standard InChI is InChI=1S/C35H38O5/c1-22-23(2)33-31(25(4)32(22)39-21-26-10-8-7-9-11-26)20-35(5,40-33)16-17-38-34(36)24(3)27-12-13-29-19-30(37-6)15-14-28(29)18-27/h7-15,18-19,24H,16-17,20-21H2,1-6H3/t24-,35?/m0/s1. The maximum Gasteiger partial charge on any atom is 0.313 e. The molecule has 5 heteroatoms. The molecular formula is C35H38O5. The number of ether oxygens (including phenoxy) is 4. The van der Waals surface area contributed by atoms with E-state index in [1.165, 1.54) is 5.56 Å². The molecule has 0 saturated heterocycles. The Morgan fingerprint density at radius 1 is 0.950 bits per heavy atom. The molecule has 5 rings (SSSR count). The summed E-state index contributed by atoms with van der Waals surface area (Å²) in [5.74, 6) is 2.09. The van der Waals surface area contributed by atoms with Crippen LogP contribution in [0.25, 0.3) is 10.8 Å². The van der Waals surface area contributed by atoms with E-state index in [1.54, 1.807) is 7.11 Å². The third-order valence-corrected chi connectivity index (χ3v) is 8.24. The van der Waals surface area contributed by atoms with Crippen molar-refractivity contribution < 1.29 is 23.7 Å². The van der Waals surface area contributed by atoms with Gasteiger partial charge in [-0.1, -0.05) is 54.6 Å². The van der Waals surface area contributed by atoms with Gasteiger partial charge in [0.15, 0.2) is 0 Å². The van der Waals surface area contributed by atoms with Crippen LogP contribution >= 0.6 is 0 Å². The first-order chi connectivity index (χ1) is 19.2. The lowest BCUT2D eigenvalue weighted by molar-refractivity contribution is -0.146. The summed E-state index contributed by atoms with van der Waals surface area (Å²) in [6.45, 7) is 11.1. The number of hydrogen-bond donors (Lipinski definition) is 0. The highest BCUT2D eigenvalue weighted by Crippen LogP contribution is 2.46. The van der Waals surface area contributed by atoms with Crippen LogP contribution in [0.1, 0.15) is 59.6 Å². The fourth-order valence-electron chi connectivity index (χ4n) is 5.52. The van der Waals surface area contributed by atoms with E-state index in [1.807, 2.05) is 61.5 Å². The summed E-state index contributed by atoms with van der Waals surface area (Å²) in [6, 6.07) is 22.2. The first kappa shape index (κ1) is 27.6. The zero-order chi connectivity index (χ0) is 28.4. The maximum atomic E-state index is 13.0. The number of hydrogen-bond acceptors (Lipinski definition) is 5. The Hall–Kier alpha value is -3.99. The minimum Gasteiger partial charge on any atom is -0.497 e. The molecule has 1 heterocycles. The van der Waals surface area contributed by atoms with Crippen LogP contribution in [-0.4, -0.2) is 25.3 Å². The van der Waals surface area contributed by atoms with Crippen LogP contribution in [0, 0.1) is 20.8 Å². The van der Waals surface area contributed by atoms with Crippen LogP contribution in [0.2, 0.25) is 0 Å². The fraction of sp³-hybridized carbons (Fsp3) is 0.343. The first-order valence-corrected chi connectivity index (χ1v) is 13.9. The van der Waals surface area contributed by atoms with E-state index in [9.17, 15) is 4.79 Å². The molecule has 0 fully saturated rings. The first-order valence-electron chi connectivity index (χ1n) is 13.9. The van der Waals surface area contributed by atoms with Crippen LogP contribution < -0.4 is 14.2 Å². The predicted molar refractivity (Wildman–Crippen MR) is 159 cm³/mol. The van der Waals surface area contributed by atoms with Gasteiger partial charge in [0, 0.05) is 18.4 Å². The smallest absolute Gasteiger partial charge is 0.313 e. The molecule has 208 valence electrons. The number of benzene rings is 4. The molecule has 2 atom stereocenters. The number of rotatable bonds is 9. The molecule has 40 heavy (non-hydrogen) atoms. The molecule has 4 aromatic carbocycles. The van der Waals surface area contributed by atoms with Crippen molar-refractivity contribution in [2.24, 2.45) is 0 Å². The second-order valence-corrected chi connectivity index (χ2v) is 11.1. The molecule has 0 spiro atoms. The van der Waals surface area contributed by atoms with Crippen molar-refractivity contribution >= 4 is 16.7 Å². The minimum absolute atomic E-state index is 0.230. The van der Waals surface area contributed by atoms with Gasteiger partial charge in [-0.25, -0.2) is 0 Å². The average Bonchev–Trinajstić information content (AvgIpc) is 3.33. The summed E-state index contributed by atoms with van der Waals surface area (Å²) in [5.41, 5.74) is 6.13. The normalized spacial score (nSPS) is 16.8. The number of esters is 1. The number of carbonyl (C=O) groups is 1. The van der Waals surface area contributed by atoms with E-state index in [2.05, 4.69) is 39.8 Å². The maximum absolute atomic E-state index is 13.0. The van der Waals surface area contributed by atoms with Crippen molar-refractivity contribution in [3.63, 3.8) is 0 Å². The molecule has 0 bridgehead atoms. The van der Waals surface area contributed by atoms with Crippen molar-refractivity contribution in [1.29, 1.82) is 0 Å². The van der Waals surface area contributed by atoms with Crippen molar-refractivity contribution in [2.75, 3.05) is 13.7 Å². The monoisotopic (exact) mass is 538 g/mol. The lowest BCUT2D eigenvalue weighted by Gasteiger charge is -2.24. The summed E-state index contributed by atoms with van der Waals surface area (Å²) in [5, 5.41) is 2.14. The summed E-state index contributed by atoms with van der Waals surface area (Å²) in [6.07, 6.45) is 1.36. The Labute approximate surface area is 237 Å². The zero-order valence-electron chi connectivity index (χ0n) is 24.3. The molecule has 1 aliphatic rings. The van der Waals surface area contributed by atoms with Crippen LogP contribution in [0.3, 0.4) is 0 Å². The molecule has 0 aliphatic carbocycles. The van der Waals surface area contributed by atoms with E-state index in [-0.39, 0.29) is 11.9 Å². The van der Waals surface area contributed by atoms with Gasteiger partial charge in [0.2, 0.25) is 0 Å². The topological polar surface area (TPSA) is 54.0 Å². The van der Waals surface area contributed by atoms with E-state index < -0.39 is 5.60 Å². The van der Waals surface area contributed by atoms with Gasteiger partial charge in [-0.05, 0) is 85.3 Å². The van der Waals surface area contributed by atoms with Gasteiger partial charge in [0.25, 0.3) is 0 Å². The van der Waals surface area contributed by atoms with Crippen LogP contribution in [0.15, 0.2) is 66.7 Å². The van der Waals surface area contributed by atoms with E-state index in [0.717, 1.165) is 62.3 Å². The van der Waals surface area contributed by atoms with Gasteiger partial charge in [0.1, 0.15) is 29.5 Å². The van der Waals surface area contributed by atoms with Gasteiger partial charge in [-0.15, -0.1) is 0 Å². The molecule has 5 nitrogen and oxygen atoms in total. The lowest BCUT2D eigenvalue weighted by Crippen LogP contribution is -2.32. The van der Waals surface area contributed by atoms with Crippen LogP contribution in [-0.2, 0) is 22.6 Å².